The van der Waals surface area contributed by atoms with Crippen LogP contribution in [0, 0.1) is 5.92 Å². The molecule has 1 aliphatic rings. The fourth-order valence-electron chi connectivity index (χ4n) is 3.09. The molecule has 3 rings (SSSR count). The topological polar surface area (TPSA) is 102 Å². The lowest BCUT2D eigenvalue weighted by molar-refractivity contribution is -0.141. The average Bonchev–Trinajstić information content (AvgIpc) is 3.17. The number of carbonyl (C=O) groups excluding carboxylic acids is 2. The van der Waals surface area contributed by atoms with E-state index in [4.69, 9.17) is 9.47 Å². The van der Waals surface area contributed by atoms with Crippen molar-refractivity contribution in [2.75, 3.05) is 18.4 Å². The van der Waals surface area contributed by atoms with Crippen LogP contribution in [0.3, 0.4) is 0 Å². The van der Waals surface area contributed by atoms with Gasteiger partial charge in [-0.2, -0.15) is 0 Å². The smallest absolute Gasteiger partial charge is 0.308 e. The summed E-state index contributed by atoms with van der Waals surface area (Å²) in [5, 5.41) is 16.8. The van der Waals surface area contributed by atoms with Crippen LogP contribution in [0.2, 0.25) is 0 Å². The lowest BCUT2D eigenvalue weighted by atomic mass is 9.95. The predicted molar refractivity (Wildman–Crippen MR) is 119 cm³/mol. The molecule has 0 saturated carbocycles. The van der Waals surface area contributed by atoms with Crippen molar-refractivity contribution < 1.29 is 19.1 Å². The number of hydrogen-bond acceptors (Lipinski definition) is 9. The van der Waals surface area contributed by atoms with Crippen molar-refractivity contribution >= 4 is 34.1 Å². The van der Waals surface area contributed by atoms with Crippen molar-refractivity contribution in [3.8, 4) is 0 Å². The number of hydrogen-bond donors (Lipinski definition) is 2. The molecule has 2 N–H and O–H groups in total. The third-order valence-corrected chi connectivity index (χ3v) is 5.36. The number of aromatic nitrogens is 2. The summed E-state index contributed by atoms with van der Waals surface area (Å²) in [6, 6.07) is 9.88. The second-order valence-electron chi connectivity index (χ2n) is 7.08. The SMILES string of the molecule is CC(=O)OC1=C(OC(C)=O)CC(CCNCCc2nnc(Nc3ccccc3)s2)C=C1. The molecule has 0 aliphatic heterocycles. The zero-order valence-electron chi connectivity index (χ0n) is 17.6. The lowest BCUT2D eigenvalue weighted by Gasteiger charge is -2.21. The number of para-hydroxylation sites is 1. The zero-order chi connectivity index (χ0) is 22.1. The molecular weight excluding hydrogens is 416 g/mol. The Bertz CT molecular complexity index is 955. The molecule has 1 aromatic heterocycles. The summed E-state index contributed by atoms with van der Waals surface area (Å²) in [4.78, 5) is 22.6. The van der Waals surface area contributed by atoms with Gasteiger partial charge in [-0.05, 0) is 37.1 Å². The van der Waals surface area contributed by atoms with Crippen molar-refractivity contribution in [1.29, 1.82) is 0 Å². The first kappa shape index (κ1) is 22.6. The Labute approximate surface area is 185 Å². The highest BCUT2D eigenvalue weighted by Crippen LogP contribution is 2.27. The predicted octanol–water partition coefficient (Wildman–Crippen LogP) is 3.72. The molecule has 0 spiro atoms. The van der Waals surface area contributed by atoms with Crippen LogP contribution in [-0.4, -0.2) is 35.2 Å². The summed E-state index contributed by atoms with van der Waals surface area (Å²) in [5.41, 5.74) is 0.989. The Kier molecular flexibility index (Phi) is 8.31. The van der Waals surface area contributed by atoms with Crippen LogP contribution >= 0.6 is 11.3 Å². The molecule has 9 heteroatoms. The Morgan fingerprint density at radius 1 is 1.10 bits per heavy atom. The molecule has 1 atom stereocenters. The number of ether oxygens (including phenoxy) is 2. The lowest BCUT2D eigenvalue weighted by Crippen LogP contribution is -2.22. The number of nitrogens with one attached hydrogen (secondary N) is 2. The summed E-state index contributed by atoms with van der Waals surface area (Å²) >= 11 is 1.54. The van der Waals surface area contributed by atoms with Gasteiger partial charge in [-0.1, -0.05) is 35.6 Å². The van der Waals surface area contributed by atoms with Crippen LogP contribution in [-0.2, 0) is 25.5 Å². The van der Waals surface area contributed by atoms with Gasteiger partial charge in [0, 0.05) is 38.9 Å². The van der Waals surface area contributed by atoms with Crippen LogP contribution < -0.4 is 10.6 Å². The van der Waals surface area contributed by atoms with Gasteiger partial charge < -0.3 is 20.1 Å². The number of anilines is 2. The number of nitrogens with zero attached hydrogens (tertiary/aromatic N) is 2. The minimum absolute atomic E-state index is 0.198. The molecule has 1 heterocycles. The molecule has 0 fully saturated rings. The Morgan fingerprint density at radius 3 is 2.61 bits per heavy atom. The van der Waals surface area contributed by atoms with Crippen LogP contribution in [0.1, 0.15) is 31.7 Å². The van der Waals surface area contributed by atoms with Gasteiger partial charge in [-0.15, -0.1) is 10.2 Å². The van der Waals surface area contributed by atoms with Gasteiger partial charge >= 0.3 is 11.9 Å². The highest BCUT2D eigenvalue weighted by Gasteiger charge is 2.21. The summed E-state index contributed by atoms with van der Waals surface area (Å²) in [6.07, 6.45) is 5.87. The van der Waals surface area contributed by atoms with Gasteiger partial charge in [0.25, 0.3) is 0 Å². The van der Waals surface area contributed by atoms with Gasteiger partial charge in [0.2, 0.25) is 5.13 Å². The highest BCUT2D eigenvalue weighted by atomic mass is 32.1. The van der Waals surface area contributed by atoms with Gasteiger partial charge in [0.05, 0.1) is 0 Å². The quantitative estimate of drug-likeness (QED) is 0.424. The second-order valence-corrected chi connectivity index (χ2v) is 8.14. The molecule has 0 radical (unpaired) electrons. The molecular formula is C22H26N4O4S. The number of allylic oxidation sites excluding steroid dienone is 3. The van der Waals surface area contributed by atoms with E-state index in [-0.39, 0.29) is 5.92 Å². The number of benzene rings is 1. The van der Waals surface area contributed by atoms with E-state index in [0.717, 1.165) is 41.8 Å². The molecule has 31 heavy (non-hydrogen) atoms. The molecule has 2 aromatic rings. The van der Waals surface area contributed by atoms with E-state index >= 15 is 0 Å². The maximum Gasteiger partial charge on any atom is 0.308 e. The second kappa shape index (κ2) is 11.4. The van der Waals surface area contributed by atoms with Gasteiger partial charge in [0.1, 0.15) is 5.01 Å². The normalized spacial score (nSPS) is 15.6. The van der Waals surface area contributed by atoms with E-state index in [9.17, 15) is 9.59 Å². The molecule has 164 valence electrons. The standard InChI is InChI=1S/C22H26N4O4S/c1-15(27)29-19-9-8-17(14-20(19)30-16(2)28)10-12-23-13-11-21-25-26-22(31-21)24-18-6-4-3-5-7-18/h3-9,17,23H,10-14H2,1-2H3,(H,24,26). The largest absolute Gasteiger partial charge is 0.427 e. The van der Waals surface area contributed by atoms with Crippen LogP contribution in [0.25, 0.3) is 0 Å². The maximum absolute atomic E-state index is 11.3. The summed E-state index contributed by atoms with van der Waals surface area (Å²) < 4.78 is 10.4. The summed E-state index contributed by atoms with van der Waals surface area (Å²) in [7, 11) is 0. The Morgan fingerprint density at radius 2 is 1.87 bits per heavy atom. The van der Waals surface area contributed by atoms with Crippen molar-refractivity contribution in [2.45, 2.75) is 33.1 Å². The van der Waals surface area contributed by atoms with Gasteiger partial charge in [0.15, 0.2) is 11.5 Å². The number of rotatable bonds is 10. The molecule has 0 bridgehead atoms. The highest BCUT2D eigenvalue weighted by molar-refractivity contribution is 7.15. The Balaban J connectivity index is 1.38. The monoisotopic (exact) mass is 442 g/mol. The molecule has 1 aromatic carbocycles. The van der Waals surface area contributed by atoms with Gasteiger partial charge in [-0.3, -0.25) is 9.59 Å². The first-order chi connectivity index (χ1) is 15.0. The third kappa shape index (κ3) is 7.62. The van der Waals surface area contributed by atoms with Crippen molar-refractivity contribution in [2.24, 2.45) is 5.92 Å². The fourth-order valence-corrected chi connectivity index (χ4v) is 3.85. The first-order valence-corrected chi connectivity index (χ1v) is 10.9. The van der Waals surface area contributed by atoms with E-state index in [2.05, 4.69) is 20.8 Å². The molecule has 0 saturated heterocycles. The van der Waals surface area contributed by atoms with E-state index in [1.807, 2.05) is 36.4 Å². The van der Waals surface area contributed by atoms with E-state index in [0.29, 0.717) is 17.9 Å². The van der Waals surface area contributed by atoms with Crippen molar-refractivity contribution in [3.05, 3.63) is 59.0 Å². The number of esters is 2. The minimum atomic E-state index is -0.441. The van der Waals surface area contributed by atoms with Crippen LogP contribution in [0.5, 0.6) is 0 Å². The summed E-state index contributed by atoms with van der Waals surface area (Å²) in [6.45, 7) is 4.25. The molecule has 0 amide bonds. The first-order valence-electron chi connectivity index (χ1n) is 10.1. The van der Waals surface area contributed by atoms with E-state index < -0.39 is 11.9 Å². The summed E-state index contributed by atoms with van der Waals surface area (Å²) in [5.74, 6) is 0.0446. The van der Waals surface area contributed by atoms with Gasteiger partial charge in [-0.25, -0.2) is 0 Å². The zero-order valence-corrected chi connectivity index (χ0v) is 18.4. The van der Waals surface area contributed by atoms with E-state index in [1.165, 1.54) is 13.8 Å². The van der Waals surface area contributed by atoms with E-state index in [1.54, 1.807) is 17.4 Å². The van der Waals surface area contributed by atoms with Crippen LogP contribution in [0.15, 0.2) is 54.0 Å². The average molecular weight is 443 g/mol. The third-order valence-electron chi connectivity index (χ3n) is 4.46. The number of carbonyl (C=O) groups is 2. The Hall–Kier alpha value is -3.04. The minimum Gasteiger partial charge on any atom is -0.427 e. The molecule has 1 aliphatic carbocycles. The van der Waals surface area contributed by atoms with Crippen molar-refractivity contribution in [1.82, 2.24) is 15.5 Å². The molecule has 8 nitrogen and oxygen atoms in total. The van der Waals surface area contributed by atoms with Crippen molar-refractivity contribution in [3.63, 3.8) is 0 Å². The maximum atomic E-state index is 11.3. The fraction of sp³-hybridized carbons (Fsp3) is 0.364. The van der Waals surface area contributed by atoms with Crippen LogP contribution in [0.4, 0.5) is 10.8 Å². The molecule has 1 unspecified atom stereocenters.